The van der Waals surface area contributed by atoms with Crippen LogP contribution >= 0.6 is 11.6 Å². The van der Waals surface area contributed by atoms with Crippen molar-refractivity contribution in [1.82, 2.24) is 0 Å². The minimum Gasteiger partial charge on any atom is -0.447 e. The van der Waals surface area contributed by atoms with Crippen molar-refractivity contribution in [2.45, 2.75) is 12.5 Å². The van der Waals surface area contributed by atoms with Gasteiger partial charge in [0, 0.05) is 6.42 Å². The molecule has 0 aliphatic rings. The normalized spacial score (nSPS) is 12.7. The minimum absolute atomic E-state index is 0.163. The monoisotopic (exact) mass is 240 g/mol. The second kappa shape index (κ2) is 4.68. The van der Waals surface area contributed by atoms with Crippen LogP contribution in [0.3, 0.4) is 0 Å². The Balaban J connectivity index is 2.13. The van der Waals surface area contributed by atoms with E-state index in [1.807, 2.05) is 0 Å². The number of halogens is 2. The Bertz CT molecular complexity index is 481. The second-order valence-electron chi connectivity index (χ2n) is 3.45. The van der Waals surface area contributed by atoms with E-state index in [4.69, 9.17) is 16.0 Å². The summed E-state index contributed by atoms with van der Waals surface area (Å²) in [6.07, 6.45) is -0.722. The van der Waals surface area contributed by atoms with Crippen LogP contribution in [-0.4, -0.2) is 5.11 Å². The lowest BCUT2D eigenvalue weighted by molar-refractivity contribution is 0.149. The van der Waals surface area contributed by atoms with E-state index in [1.165, 1.54) is 6.07 Å². The number of furan rings is 1. The van der Waals surface area contributed by atoms with Gasteiger partial charge in [0.25, 0.3) is 0 Å². The van der Waals surface area contributed by atoms with Gasteiger partial charge in [-0.25, -0.2) is 4.39 Å². The van der Waals surface area contributed by atoms with Crippen LogP contribution in [-0.2, 0) is 6.42 Å². The Kier molecular flexibility index (Phi) is 3.27. The Hall–Kier alpha value is -1.32. The summed E-state index contributed by atoms with van der Waals surface area (Å²) in [4.78, 5) is 0. The van der Waals surface area contributed by atoms with Gasteiger partial charge in [0.2, 0.25) is 0 Å². The highest BCUT2D eigenvalue weighted by Gasteiger charge is 2.14. The average Bonchev–Trinajstić information content (AvgIpc) is 2.68. The van der Waals surface area contributed by atoms with E-state index in [0.29, 0.717) is 11.3 Å². The standard InChI is InChI=1S/C12H10ClFO2/c13-12-6-5-11(16-12)10(15)7-8-3-1-2-4-9(8)14/h1-6,10,15H,7H2. The van der Waals surface area contributed by atoms with Gasteiger partial charge >= 0.3 is 0 Å². The van der Waals surface area contributed by atoms with Gasteiger partial charge in [-0.15, -0.1) is 0 Å². The summed E-state index contributed by atoms with van der Waals surface area (Å²) < 4.78 is 18.4. The van der Waals surface area contributed by atoms with Gasteiger partial charge in [0.1, 0.15) is 17.7 Å². The van der Waals surface area contributed by atoms with Crippen molar-refractivity contribution in [2.24, 2.45) is 0 Å². The molecule has 1 heterocycles. The third-order valence-corrected chi connectivity index (χ3v) is 2.50. The molecule has 0 fully saturated rings. The lowest BCUT2D eigenvalue weighted by Crippen LogP contribution is -2.02. The quantitative estimate of drug-likeness (QED) is 0.893. The third kappa shape index (κ3) is 2.43. The first-order chi connectivity index (χ1) is 7.66. The molecule has 16 heavy (non-hydrogen) atoms. The average molecular weight is 241 g/mol. The minimum atomic E-state index is -0.885. The molecule has 4 heteroatoms. The van der Waals surface area contributed by atoms with E-state index in [2.05, 4.69) is 0 Å². The van der Waals surface area contributed by atoms with E-state index in [-0.39, 0.29) is 17.5 Å². The smallest absolute Gasteiger partial charge is 0.193 e. The predicted octanol–water partition coefficient (Wildman–Crippen LogP) is 3.35. The predicted molar refractivity (Wildman–Crippen MR) is 58.8 cm³/mol. The van der Waals surface area contributed by atoms with Gasteiger partial charge in [-0.05, 0) is 35.4 Å². The molecule has 2 aromatic rings. The Labute approximate surface area is 97.3 Å². The van der Waals surface area contributed by atoms with Crippen molar-refractivity contribution in [2.75, 3.05) is 0 Å². The Morgan fingerprint density at radius 1 is 1.25 bits per heavy atom. The summed E-state index contributed by atoms with van der Waals surface area (Å²) in [5.74, 6) is 0.00690. The zero-order valence-electron chi connectivity index (χ0n) is 8.36. The van der Waals surface area contributed by atoms with Gasteiger partial charge in [0.05, 0.1) is 0 Å². The number of hydrogen-bond donors (Lipinski definition) is 1. The van der Waals surface area contributed by atoms with E-state index in [9.17, 15) is 9.50 Å². The van der Waals surface area contributed by atoms with Crippen LogP contribution in [0.4, 0.5) is 4.39 Å². The number of benzene rings is 1. The van der Waals surface area contributed by atoms with E-state index >= 15 is 0 Å². The molecule has 1 N–H and O–H groups in total. The molecule has 0 amide bonds. The zero-order valence-corrected chi connectivity index (χ0v) is 9.12. The molecule has 0 bridgehead atoms. The van der Waals surface area contributed by atoms with Crippen LogP contribution in [0.25, 0.3) is 0 Å². The fraction of sp³-hybridized carbons (Fsp3) is 0.167. The lowest BCUT2D eigenvalue weighted by Gasteiger charge is -2.08. The van der Waals surface area contributed by atoms with Crippen molar-refractivity contribution >= 4 is 11.6 Å². The van der Waals surface area contributed by atoms with Crippen LogP contribution in [0.2, 0.25) is 5.22 Å². The van der Waals surface area contributed by atoms with Gasteiger partial charge in [0.15, 0.2) is 5.22 Å². The summed E-state index contributed by atoms with van der Waals surface area (Å²) in [5, 5.41) is 10.0. The van der Waals surface area contributed by atoms with E-state index < -0.39 is 6.10 Å². The molecule has 0 aliphatic heterocycles. The molecule has 0 aliphatic carbocycles. The first kappa shape index (κ1) is 11.2. The number of aliphatic hydroxyl groups is 1. The molecule has 1 aromatic carbocycles. The maximum atomic E-state index is 13.3. The topological polar surface area (TPSA) is 33.4 Å². The number of rotatable bonds is 3. The van der Waals surface area contributed by atoms with Crippen molar-refractivity contribution in [1.29, 1.82) is 0 Å². The highest BCUT2D eigenvalue weighted by molar-refractivity contribution is 6.28. The maximum Gasteiger partial charge on any atom is 0.193 e. The van der Waals surface area contributed by atoms with Crippen molar-refractivity contribution in [3.05, 3.63) is 58.8 Å². The van der Waals surface area contributed by atoms with Gasteiger partial charge in [-0.2, -0.15) is 0 Å². The van der Waals surface area contributed by atoms with Crippen LogP contribution in [0.15, 0.2) is 40.8 Å². The van der Waals surface area contributed by atoms with Crippen molar-refractivity contribution in [3.8, 4) is 0 Å². The fourth-order valence-corrected chi connectivity index (χ4v) is 1.63. The molecule has 1 aromatic heterocycles. The summed E-state index contributed by atoms with van der Waals surface area (Å²) in [5.41, 5.74) is 0.447. The van der Waals surface area contributed by atoms with Crippen LogP contribution in [0.5, 0.6) is 0 Å². The van der Waals surface area contributed by atoms with Gasteiger partial charge < -0.3 is 9.52 Å². The molecular weight excluding hydrogens is 231 g/mol. The first-order valence-electron chi connectivity index (χ1n) is 4.83. The zero-order chi connectivity index (χ0) is 11.5. The highest BCUT2D eigenvalue weighted by Crippen LogP contribution is 2.23. The number of hydrogen-bond acceptors (Lipinski definition) is 2. The van der Waals surface area contributed by atoms with Crippen molar-refractivity contribution < 1.29 is 13.9 Å². The third-order valence-electron chi connectivity index (χ3n) is 2.29. The number of aliphatic hydroxyl groups excluding tert-OH is 1. The van der Waals surface area contributed by atoms with Gasteiger partial charge in [-0.3, -0.25) is 0 Å². The Morgan fingerprint density at radius 2 is 2.00 bits per heavy atom. The molecule has 0 spiro atoms. The molecule has 0 saturated carbocycles. The summed E-state index contributed by atoms with van der Waals surface area (Å²) >= 11 is 5.59. The maximum absolute atomic E-state index is 13.3. The van der Waals surface area contributed by atoms with Gasteiger partial charge in [-0.1, -0.05) is 18.2 Å². The fourth-order valence-electron chi connectivity index (χ4n) is 1.48. The molecule has 1 atom stereocenters. The molecule has 1 unspecified atom stereocenters. The van der Waals surface area contributed by atoms with Crippen LogP contribution < -0.4 is 0 Å². The second-order valence-corrected chi connectivity index (χ2v) is 3.83. The van der Waals surface area contributed by atoms with Crippen molar-refractivity contribution in [3.63, 3.8) is 0 Å². The van der Waals surface area contributed by atoms with Crippen LogP contribution in [0.1, 0.15) is 17.4 Å². The summed E-state index contributed by atoms with van der Waals surface area (Å²) in [6, 6.07) is 9.44. The largest absolute Gasteiger partial charge is 0.447 e. The SMILES string of the molecule is OC(Cc1ccccc1F)c1ccc(Cl)o1. The molecule has 2 nitrogen and oxygen atoms in total. The summed E-state index contributed by atoms with van der Waals surface area (Å²) in [7, 11) is 0. The first-order valence-corrected chi connectivity index (χ1v) is 5.21. The molecule has 0 radical (unpaired) electrons. The highest BCUT2D eigenvalue weighted by atomic mass is 35.5. The Morgan fingerprint density at radius 3 is 2.62 bits per heavy atom. The lowest BCUT2D eigenvalue weighted by atomic mass is 10.1. The van der Waals surface area contributed by atoms with E-state index in [1.54, 1.807) is 30.3 Å². The van der Waals surface area contributed by atoms with E-state index in [0.717, 1.165) is 0 Å². The molecule has 0 saturated heterocycles. The van der Waals surface area contributed by atoms with Crippen LogP contribution in [0, 0.1) is 5.82 Å². The summed E-state index contributed by atoms with van der Waals surface area (Å²) in [6.45, 7) is 0. The molecular formula is C12H10ClFO2. The molecule has 2 rings (SSSR count). The molecule has 84 valence electrons.